The van der Waals surface area contributed by atoms with Crippen molar-refractivity contribution in [2.75, 3.05) is 47.8 Å². The molecule has 0 saturated carbocycles. The Hall–Kier alpha value is -13.3. The van der Waals surface area contributed by atoms with Crippen LogP contribution in [0.1, 0.15) is 134 Å². The van der Waals surface area contributed by atoms with Crippen LogP contribution in [0.4, 0.5) is 45.5 Å². The van der Waals surface area contributed by atoms with Gasteiger partial charge in [0.2, 0.25) is 0 Å². The summed E-state index contributed by atoms with van der Waals surface area (Å²) in [5.74, 6) is 0. The molecule has 0 unspecified atom stereocenters. The van der Waals surface area contributed by atoms with Crippen molar-refractivity contribution < 1.29 is 0 Å². The molecule has 116 heavy (non-hydrogen) atoms. The lowest BCUT2D eigenvalue weighted by atomic mass is 9.87. The fourth-order valence-corrected chi connectivity index (χ4v) is 23.0. The van der Waals surface area contributed by atoms with Crippen LogP contribution in [0.15, 0.2) is 291 Å². The molecular weight excluding hydrogens is 1400 g/mol. The monoisotopic (exact) mass is 1480 g/mol. The molecule has 4 heterocycles. The summed E-state index contributed by atoms with van der Waals surface area (Å²) in [5, 5.41) is 0. The van der Waals surface area contributed by atoms with Gasteiger partial charge >= 0.3 is 0 Å². The van der Waals surface area contributed by atoms with Gasteiger partial charge in [0.25, 0.3) is 0 Å². The molecule has 0 aromatic heterocycles. The highest BCUT2D eigenvalue weighted by Gasteiger charge is 2.37. The fraction of sp³-hybridized carbons (Fsp3) is 0.143. The summed E-state index contributed by atoms with van der Waals surface area (Å²) in [6, 6.07) is 110. The number of hydrogen-bond acceptors (Lipinski definition) is 4. The van der Waals surface area contributed by atoms with Crippen LogP contribution >= 0.6 is 0 Å². The first-order valence-corrected chi connectivity index (χ1v) is 41.9. The third-order valence-corrected chi connectivity index (χ3v) is 28.5. The minimum absolute atomic E-state index is 1.02. The van der Waals surface area contributed by atoms with Crippen LogP contribution in [-0.4, -0.2) is 28.2 Å². The van der Waals surface area contributed by atoms with Gasteiger partial charge in [-0.2, -0.15) is 0 Å². The van der Waals surface area contributed by atoms with Gasteiger partial charge in [-0.1, -0.05) is 231 Å². The molecule has 0 N–H and O–H groups in total. The van der Waals surface area contributed by atoms with Crippen molar-refractivity contribution >= 4 is 45.5 Å². The van der Waals surface area contributed by atoms with Crippen molar-refractivity contribution in [2.45, 2.75) is 77.0 Å². The number of nitrogens with zero attached hydrogens (tertiary/aromatic N) is 4. The molecule has 4 heteroatoms. The van der Waals surface area contributed by atoms with Crippen LogP contribution in [0, 0.1) is 0 Å². The van der Waals surface area contributed by atoms with Gasteiger partial charge in [-0.05, 0) is 335 Å². The minimum atomic E-state index is 1.02. The lowest BCUT2D eigenvalue weighted by molar-refractivity contribution is 1.02. The maximum atomic E-state index is 2.48. The zero-order valence-electron chi connectivity index (χ0n) is 66.0. The van der Waals surface area contributed by atoms with E-state index in [1.807, 2.05) is 0 Å². The lowest BCUT2D eigenvalue weighted by Crippen LogP contribution is -2.20. The minimum Gasteiger partial charge on any atom is -0.344 e. The van der Waals surface area contributed by atoms with Crippen LogP contribution < -0.4 is 19.6 Å². The molecule has 0 amide bonds. The van der Waals surface area contributed by atoms with Gasteiger partial charge in [0.1, 0.15) is 0 Å². The van der Waals surface area contributed by atoms with Crippen molar-refractivity contribution in [3.8, 4) is 89.0 Å². The third kappa shape index (κ3) is 9.92. The summed E-state index contributed by atoms with van der Waals surface area (Å²) >= 11 is 0. The number of anilines is 8. The molecule has 4 aliphatic heterocycles. The molecule has 4 nitrogen and oxygen atoms in total. The summed E-state index contributed by atoms with van der Waals surface area (Å²) < 4.78 is 0. The topological polar surface area (TPSA) is 13.0 Å². The Morgan fingerprint density at radius 2 is 0.371 bits per heavy atom. The summed E-state index contributed by atoms with van der Waals surface area (Å²) in [6.45, 7) is 0. The first kappa shape index (κ1) is 66.2. The molecule has 0 spiro atoms. The van der Waals surface area contributed by atoms with Crippen molar-refractivity contribution in [1.82, 2.24) is 0 Å². The summed E-state index contributed by atoms with van der Waals surface area (Å²) in [4.78, 5) is 9.66. The standard InChI is InChI=1S/4C28H21N/c1-29-27-11-10-23-21-8-4-3-7-18(21)13-25(23)26(27)15-20-14-24-19(16-28(20)29)12-17-6-2-5-9-22(17)24;1-29-27-15-25-19(10-17-6-2-4-8-23(17)25)12-21(27)14-22-13-20-11-18-7-3-5-9-24(18)26(20)16-28(22)29;1-29-26-11-10-19-12-18-7-3-5-9-23(18)28(19)25(26)15-21-14-24-20(16-27(21)29)13-17-6-2-4-8-22(17)24;1-29-26-11-10-19-12-18-7-3-5-9-23(18)28(19)25(26)15-21-14-20-13-17-6-2-4-8-22(17)24(20)16-27(21)29/h2-11,14,16H,12-13,15H2,1H3;2-9,12-13,15-16H,10-11,14H2,1H3;2*2-11,14,16H,12-13,15H2,1H3. The Morgan fingerprint density at radius 1 is 0.138 bits per heavy atom. The second-order valence-corrected chi connectivity index (χ2v) is 34.6. The number of hydrogen-bond donors (Lipinski definition) is 0. The molecule has 16 aromatic carbocycles. The molecule has 0 atom stereocenters. The van der Waals surface area contributed by atoms with Gasteiger partial charge in [-0.15, -0.1) is 0 Å². The number of rotatable bonds is 0. The van der Waals surface area contributed by atoms with E-state index in [0.29, 0.717) is 0 Å². The van der Waals surface area contributed by atoms with Crippen LogP contribution in [0.25, 0.3) is 89.0 Å². The molecule has 8 aliphatic carbocycles. The van der Waals surface area contributed by atoms with E-state index in [1.165, 1.54) is 268 Å². The first-order chi connectivity index (χ1) is 57.1. The third-order valence-electron chi connectivity index (χ3n) is 28.5. The highest BCUT2D eigenvalue weighted by molar-refractivity contribution is 5.95. The van der Waals surface area contributed by atoms with E-state index < -0.39 is 0 Å². The Kier molecular flexibility index (Phi) is 14.3. The van der Waals surface area contributed by atoms with Gasteiger partial charge in [-0.3, -0.25) is 0 Å². The van der Waals surface area contributed by atoms with Gasteiger partial charge < -0.3 is 19.6 Å². The zero-order valence-corrected chi connectivity index (χ0v) is 66.0. The average Bonchev–Trinajstić information content (AvgIpc) is 1.56. The first-order valence-electron chi connectivity index (χ1n) is 41.9. The Morgan fingerprint density at radius 3 is 0.750 bits per heavy atom. The van der Waals surface area contributed by atoms with E-state index >= 15 is 0 Å². The zero-order chi connectivity index (χ0) is 76.4. The van der Waals surface area contributed by atoms with E-state index in [0.717, 1.165) is 77.0 Å². The van der Waals surface area contributed by atoms with E-state index in [4.69, 9.17) is 0 Å². The molecule has 0 fully saturated rings. The van der Waals surface area contributed by atoms with E-state index in [-0.39, 0.29) is 0 Å². The van der Waals surface area contributed by atoms with Crippen molar-refractivity contribution in [2.24, 2.45) is 0 Å². The molecule has 0 radical (unpaired) electrons. The molecule has 28 rings (SSSR count). The van der Waals surface area contributed by atoms with Gasteiger partial charge in [0, 0.05) is 99.4 Å². The van der Waals surface area contributed by atoms with Gasteiger partial charge in [-0.25, -0.2) is 0 Å². The van der Waals surface area contributed by atoms with Crippen LogP contribution in [-0.2, 0) is 77.0 Å². The van der Waals surface area contributed by atoms with Crippen molar-refractivity contribution in [3.63, 3.8) is 0 Å². The normalized spacial score (nSPS) is 14.6. The predicted octanol–water partition coefficient (Wildman–Crippen LogP) is 26.0. The maximum Gasteiger partial charge on any atom is 0.0450 e. The molecule has 0 saturated heterocycles. The average molecular weight is 1490 g/mol. The molecule has 0 bridgehead atoms. The largest absolute Gasteiger partial charge is 0.344 e. The lowest BCUT2D eigenvalue weighted by Gasteiger charge is -2.32. The summed E-state index contributed by atoms with van der Waals surface area (Å²) in [6.07, 6.45) is 12.6. The van der Waals surface area contributed by atoms with Gasteiger partial charge in [0.05, 0.1) is 0 Å². The Bertz CT molecular complexity index is 6920. The van der Waals surface area contributed by atoms with Crippen molar-refractivity contribution in [1.29, 1.82) is 0 Å². The van der Waals surface area contributed by atoms with Crippen LogP contribution in [0.3, 0.4) is 0 Å². The van der Waals surface area contributed by atoms with E-state index in [2.05, 4.69) is 339 Å². The second-order valence-electron chi connectivity index (χ2n) is 34.6. The molecule has 552 valence electrons. The Balaban J connectivity index is 0.0000000866. The smallest absolute Gasteiger partial charge is 0.0450 e. The quantitative estimate of drug-likeness (QED) is 0.150. The second kappa shape index (κ2) is 25.1. The molecular formula is C112H84N4. The maximum absolute atomic E-state index is 2.48. The Labute approximate surface area is 679 Å². The highest BCUT2D eigenvalue weighted by Crippen LogP contribution is 2.56. The number of benzene rings is 16. The van der Waals surface area contributed by atoms with Crippen LogP contribution in [0.5, 0.6) is 0 Å². The summed E-state index contributed by atoms with van der Waals surface area (Å²) in [5.41, 5.74) is 69.2. The summed E-state index contributed by atoms with van der Waals surface area (Å²) in [7, 11) is 8.94. The van der Waals surface area contributed by atoms with E-state index in [1.54, 1.807) is 0 Å². The SMILES string of the molecule is CN1c2cc3c(cc2Cc2c1ccc1c2-c2ccccc2C1)-c1ccccc1C3.CN1c2cc3c(cc2Cc2c1ccc1c2-c2ccccc2C1)Cc1ccccc1-3.CN1c2cc3c(cc2Cc2c1ccc1c2Cc2ccccc2-1)-c1ccccc1C3.CN1c2cc3c(cc2Cc2cc4c(cc21)-c1ccccc1C4)Cc1ccccc1-3. The fourth-order valence-electron chi connectivity index (χ4n) is 23.0. The van der Waals surface area contributed by atoms with E-state index in [9.17, 15) is 0 Å². The van der Waals surface area contributed by atoms with Crippen LogP contribution in [0.2, 0.25) is 0 Å². The van der Waals surface area contributed by atoms with Gasteiger partial charge in [0.15, 0.2) is 0 Å². The number of fused-ring (bicyclic) bond motifs is 35. The van der Waals surface area contributed by atoms with Crippen molar-refractivity contribution in [3.05, 3.63) is 425 Å². The predicted molar refractivity (Wildman–Crippen MR) is 481 cm³/mol. The molecule has 16 aromatic rings. The highest BCUT2D eigenvalue weighted by atomic mass is 15.1. The molecule has 12 aliphatic rings.